The number of hydrogen-bond donors (Lipinski definition) is 0. The van der Waals surface area contributed by atoms with Gasteiger partial charge < -0.3 is 22.1 Å². The monoisotopic (exact) mass is 1870 g/mol. The highest BCUT2D eigenvalue weighted by Crippen LogP contribution is 2.45. The molecule has 0 unspecified atom stereocenters. The highest BCUT2D eigenvalue weighted by atomic mass is 16.4. The zero-order valence-electron chi connectivity index (χ0n) is 108. The Hall–Kier alpha value is -13.4. The smallest absolute Gasteiger partial charge is 0.227 e. The van der Waals surface area contributed by atoms with Crippen LogP contribution in [0.15, 0.2) is 205 Å². The van der Waals surface area contributed by atoms with E-state index in [1.165, 1.54) is 69.2 Å². The first-order chi connectivity index (χ1) is 74.2. The van der Waals surface area contributed by atoms with E-state index in [4.69, 9.17) is 62.2 Å². The maximum atomic E-state index is 8.35. The van der Waals surface area contributed by atoms with Crippen LogP contribution < -0.4 is 22.8 Å². The summed E-state index contributed by atoms with van der Waals surface area (Å²) in [5.41, 5.74) is 26.4. The Balaban J connectivity index is 0.000000141. The fourth-order valence-corrected chi connectivity index (χ4v) is 18.7. The summed E-state index contributed by atoms with van der Waals surface area (Å²) in [6.45, 7) is 42.1. The third-order valence-corrected chi connectivity index (χ3v) is 26.6. The molecule has 15 aromatic heterocycles. The topological polar surface area (TPSA) is 150 Å². The third kappa shape index (κ3) is 18.9. The molecule has 0 radical (unpaired) electrons. The van der Waals surface area contributed by atoms with Gasteiger partial charge in [-0.25, -0.2) is 47.8 Å². The van der Waals surface area contributed by atoms with Gasteiger partial charge in [0, 0.05) is 171 Å². The molecule has 15 heterocycles. The van der Waals surface area contributed by atoms with Crippen molar-refractivity contribution in [2.24, 2.45) is 35.2 Å². The molecule has 0 atom stereocenters. The van der Waals surface area contributed by atoms with Gasteiger partial charge >= 0.3 is 0 Å². The van der Waals surface area contributed by atoms with Crippen molar-refractivity contribution in [2.45, 2.75) is 260 Å². The van der Waals surface area contributed by atoms with Gasteiger partial charge in [0.2, 0.25) is 57.0 Å². The maximum Gasteiger partial charge on any atom is 0.227 e. The van der Waals surface area contributed by atoms with Crippen molar-refractivity contribution in [3.05, 3.63) is 295 Å². The van der Waals surface area contributed by atoms with Crippen LogP contribution in [0.4, 0.5) is 0 Å². The second-order valence-electron chi connectivity index (χ2n) is 36.8. The Bertz CT molecular complexity index is 8800. The quantitative estimate of drug-likeness (QED) is 0.0675. The second-order valence-corrected chi connectivity index (χ2v) is 36.8. The van der Waals surface area contributed by atoms with Crippen LogP contribution in [0.5, 0.6) is 0 Å². The zero-order valence-corrected chi connectivity index (χ0v) is 85.7. The van der Waals surface area contributed by atoms with E-state index >= 15 is 0 Å². The van der Waals surface area contributed by atoms with E-state index in [0.717, 1.165) is 161 Å². The van der Waals surface area contributed by atoms with Crippen LogP contribution in [0.3, 0.4) is 0 Å². The van der Waals surface area contributed by atoms with Gasteiger partial charge in [-0.15, -0.1) is 0 Å². The SMILES string of the molecule is [2H]C([2H])(C)c1cc(-c2c(C)ccc3c2oc2nc(C(C)C)ccc23)[n+](C)cc1C([2H])([2H])C.[2H]C([2H])(C)c1cc(-c2c(C)ccc3c2oc2nc(C(C)C)ccc23)[n+](C)cc1C([2H])([2H])C.[2H]C([2H])(C)c1cc(-c2c(C)ccc3c2oc2nc(C([2H])(C)C)ccc23)[n+](C)cc1C([2H])([2H])C.[2H]C([2H])(C)c1cc(-c2c(C)ccc3c2oc2nc(C([2H])(C)C)ccc23)[n+](C)cc1C([2H])([2H])C.[2H]C([2H])(C)c1cc(-c2c(C)ccc3c2oc2nc(CC)ccc23)[n+](C)cc1C([2H])([2H])C. The lowest BCUT2D eigenvalue weighted by Crippen LogP contribution is -2.32. The number of benzene rings is 5. The van der Waals surface area contributed by atoms with Gasteiger partial charge in [0.15, 0.2) is 58.9 Å². The molecule has 0 amide bonds. The molecule has 15 heteroatoms. The van der Waals surface area contributed by atoms with Gasteiger partial charge in [0.05, 0.1) is 27.8 Å². The first-order valence-corrected chi connectivity index (χ1v) is 47.6. The van der Waals surface area contributed by atoms with E-state index in [-0.39, 0.29) is 11.8 Å². The van der Waals surface area contributed by atoms with Gasteiger partial charge in [0.25, 0.3) is 0 Å². The molecule has 0 aliphatic carbocycles. The van der Waals surface area contributed by atoms with E-state index in [9.17, 15) is 0 Å². The fourth-order valence-electron chi connectivity index (χ4n) is 18.7. The van der Waals surface area contributed by atoms with E-state index in [1.54, 1.807) is 89.0 Å². The number of nitrogens with zero attached hydrogens (tertiary/aromatic N) is 10. The van der Waals surface area contributed by atoms with Gasteiger partial charge in [-0.05, 0) is 245 Å². The number of aryl methyl sites for hydroxylation is 21. The van der Waals surface area contributed by atoms with Crippen molar-refractivity contribution in [1.29, 1.82) is 0 Å². The fraction of sp³-hybridized carbons (Fsp3) is 0.355. The van der Waals surface area contributed by atoms with Crippen LogP contribution in [0, 0.1) is 34.6 Å². The molecule has 0 fully saturated rings. The van der Waals surface area contributed by atoms with Gasteiger partial charge in [-0.2, -0.15) is 0 Å². The summed E-state index contributed by atoms with van der Waals surface area (Å²) < 4.78 is 223. The van der Waals surface area contributed by atoms with Crippen molar-refractivity contribution in [1.82, 2.24) is 24.9 Å². The number of hydrogen-bond acceptors (Lipinski definition) is 10. The van der Waals surface area contributed by atoms with Crippen LogP contribution in [-0.4, -0.2) is 24.9 Å². The molecule has 0 saturated heterocycles. The van der Waals surface area contributed by atoms with Gasteiger partial charge in [0.1, 0.15) is 35.2 Å². The summed E-state index contributed by atoms with van der Waals surface area (Å²) in [5, 5.41) is 9.21. The Morgan fingerprint density at radius 1 is 0.245 bits per heavy atom. The molecule has 0 bridgehead atoms. The predicted octanol–water partition coefficient (Wildman–Crippen LogP) is 29.6. The molecule has 139 heavy (non-hydrogen) atoms. The normalized spacial score (nSPS) is 15.3. The molecule has 20 rings (SSSR count). The molecular formula is C124H143N10O5+5. The zero-order chi connectivity index (χ0) is 119. The molecule has 714 valence electrons. The van der Waals surface area contributed by atoms with Crippen LogP contribution in [-0.2, 0) is 105 Å². The van der Waals surface area contributed by atoms with Crippen molar-refractivity contribution >= 4 is 110 Å². The Labute approximate surface area is 852 Å². The number of aromatic nitrogens is 10. The number of furan rings is 5. The molecule has 0 N–H and O–H groups in total. The molecule has 0 aliphatic rings. The number of fused-ring (bicyclic) bond motifs is 15. The predicted molar refractivity (Wildman–Crippen MR) is 574 cm³/mol. The lowest BCUT2D eigenvalue weighted by molar-refractivity contribution is -0.661. The molecular weight excluding hydrogens is 1710 g/mol. The van der Waals surface area contributed by atoms with E-state index < -0.39 is 75.5 Å². The van der Waals surface area contributed by atoms with E-state index in [2.05, 4.69) is 49.6 Å². The maximum absolute atomic E-state index is 8.35. The summed E-state index contributed by atoms with van der Waals surface area (Å²) in [4.78, 5) is 23.3. The minimum absolute atomic E-state index is 0.289. The summed E-state index contributed by atoms with van der Waals surface area (Å²) in [6.07, 6.45) is -7.72. The largest absolute Gasteiger partial charge is 0.437 e. The molecule has 15 nitrogen and oxygen atoms in total. The average Bonchev–Trinajstić information content (AvgIpc) is 1.66. The Morgan fingerprint density at radius 3 is 0.626 bits per heavy atom. The van der Waals surface area contributed by atoms with Crippen molar-refractivity contribution < 1.29 is 75.1 Å². The molecule has 0 saturated carbocycles. The highest BCUT2D eigenvalue weighted by Gasteiger charge is 2.31. The lowest BCUT2D eigenvalue weighted by Gasteiger charge is -2.10. The minimum atomic E-state index is -1.73. The second kappa shape index (κ2) is 41.3. The molecule has 0 aliphatic heterocycles. The summed E-state index contributed by atoms with van der Waals surface area (Å²) in [6, 6.07) is 48.7. The van der Waals surface area contributed by atoms with Gasteiger partial charge in [-0.1, -0.05) is 192 Å². The summed E-state index contributed by atoms with van der Waals surface area (Å²) >= 11 is 0. The standard InChI is InChI=1S/4C25H29N2O.C24H27N2O/c4*1-7-17-13-22(27(6)14-18(17)8-2)23-16(5)9-10-19-20-11-12-21(15(3)4)26-25(20)28-24(19)23;1-6-16-13-21(26(5)14-17(16)7-2)22-15(4)9-11-19-20-12-10-18(8-3)25-24(20)27-23(19)22/h4*9-15H,7-8H2,1-6H3;9-14H,6-8H2,1-5H3/q5*+1/i2*7D2,8D2,15D;2*7D2,8D2;6D2,7D2. The lowest BCUT2D eigenvalue weighted by atomic mass is 9.97. The Morgan fingerprint density at radius 2 is 0.432 bits per heavy atom. The third-order valence-electron chi connectivity index (χ3n) is 26.6. The minimum Gasteiger partial charge on any atom is -0.437 e. The van der Waals surface area contributed by atoms with Crippen LogP contribution >= 0.6 is 0 Å². The first kappa shape index (κ1) is 73.8. The summed E-state index contributed by atoms with van der Waals surface area (Å²) in [5.74, 6) is -1.13. The molecule has 20 aromatic rings. The van der Waals surface area contributed by atoms with Gasteiger partial charge in [-0.3, -0.25) is 0 Å². The van der Waals surface area contributed by atoms with Crippen molar-refractivity contribution in [3.63, 3.8) is 0 Å². The number of pyridine rings is 10. The van der Waals surface area contributed by atoms with E-state index in [1.807, 2.05) is 214 Å². The number of rotatable bonds is 20. The Kier molecular flexibility index (Phi) is 21.9. The first-order valence-electron chi connectivity index (χ1n) is 58.6. The van der Waals surface area contributed by atoms with Crippen molar-refractivity contribution in [2.75, 3.05) is 0 Å². The molecule has 0 spiro atoms. The van der Waals surface area contributed by atoms with Crippen LogP contribution in [0.2, 0.25) is 0 Å². The van der Waals surface area contributed by atoms with Crippen LogP contribution in [0.1, 0.15) is 297 Å². The molecule has 5 aromatic carbocycles. The highest BCUT2D eigenvalue weighted by molar-refractivity contribution is 6.13. The van der Waals surface area contributed by atoms with Crippen molar-refractivity contribution in [3.8, 4) is 56.3 Å². The average molecular weight is 1880 g/mol. The summed E-state index contributed by atoms with van der Waals surface area (Å²) in [7, 11) is 9.23. The van der Waals surface area contributed by atoms with E-state index in [0.29, 0.717) is 124 Å². The van der Waals surface area contributed by atoms with Crippen LogP contribution in [0.25, 0.3) is 167 Å².